The third kappa shape index (κ3) is 2.19. The normalized spacial score (nSPS) is 11.1. The molecule has 0 aliphatic heterocycles. The molecule has 3 rings (SSSR count). The number of hydrogen-bond donors (Lipinski definition) is 1. The Bertz CT molecular complexity index is 838. The van der Waals surface area contributed by atoms with Gasteiger partial charge in [0.1, 0.15) is 0 Å². The molecule has 0 radical (unpaired) electrons. The SMILES string of the molecule is Cc1ccnc2c1[nH]c(=S)n2-c1ccc(Cl)cc1I. The second kappa shape index (κ2) is 4.88. The zero-order valence-electron chi connectivity index (χ0n) is 9.95. The molecular weight excluding hydrogens is 393 g/mol. The Morgan fingerprint density at radius 1 is 1.37 bits per heavy atom. The molecule has 2 heterocycles. The highest BCUT2D eigenvalue weighted by atomic mass is 127. The summed E-state index contributed by atoms with van der Waals surface area (Å²) in [6.07, 6.45) is 1.79. The van der Waals surface area contributed by atoms with Crippen LogP contribution in [-0.2, 0) is 0 Å². The summed E-state index contributed by atoms with van der Waals surface area (Å²) in [5, 5.41) is 0.712. The van der Waals surface area contributed by atoms with Crippen molar-refractivity contribution in [2.24, 2.45) is 0 Å². The molecule has 1 aromatic carbocycles. The van der Waals surface area contributed by atoms with E-state index >= 15 is 0 Å². The highest BCUT2D eigenvalue weighted by Crippen LogP contribution is 2.25. The number of aryl methyl sites for hydroxylation is 1. The number of aromatic amines is 1. The van der Waals surface area contributed by atoms with Crippen molar-refractivity contribution in [3.63, 3.8) is 0 Å². The fourth-order valence-electron chi connectivity index (χ4n) is 2.01. The van der Waals surface area contributed by atoms with Crippen LogP contribution in [0.15, 0.2) is 30.5 Å². The molecule has 3 aromatic rings. The van der Waals surface area contributed by atoms with Crippen LogP contribution in [0, 0.1) is 15.3 Å². The van der Waals surface area contributed by atoms with Gasteiger partial charge in [0.25, 0.3) is 0 Å². The van der Waals surface area contributed by atoms with Gasteiger partial charge in [-0.15, -0.1) is 0 Å². The van der Waals surface area contributed by atoms with E-state index in [1.165, 1.54) is 0 Å². The van der Waals surface area contributed by atoms with Gasteiger partial charge >= 0.3 is 0 Å². The Hall–Kier alpha value is -0.920. The van der Waals surface area contributed by atoms with Crippen LogP contribution in [0.2, 0.25) is 5.02 Å². The van der Waals surface area contributed by atoms with Crippen LogP contribution in [0.1, 0.15) is 5.56 Å². The molecule has 0 saturated heterocycles. The number of aromatic nitrogens is 3. The third-order valence-electron chi connectivity index (χ3n) is 2.94. The van der Waals surface area contributed by atoms with E-state index in [1.54, 1.807) is 6.20 Å². The second-order valence-corrected chi connectivity index (χ2v) is 6.17. The number of benzene rings is 1. The molecule has 0 amide bonds. The maximum absolute atomic E-state index is 6.00. The standard InChI is InChI=1S/C13H9ClIN3S/c1-7-4-5-16-12-11(7)17-13(19)18(12)10-3-2-8(14)6-9(10)15/h2-6H,1H3,(H,17,19). The number of nitrogens with one attached hydrogen (secondary N) is 1. The van der Waals surface area contributed by atoms with Crippen molar-refractivity contribution in [3.05, 3.63) is 49.4 Å². The summed E-state index contributed by atoms with van der Waals surface area (Å²) in [7, 11) is 0. The predicted octanol–water partition coefficient (Wildman–Crippen LogP) is 4.65. The molecule has 0 atom stereocenters. The molecule has 0 saturated carbocycles. The summed E-state index contributed by atoms with van der Waals surface area (Å²) in [5.74, 6) is 0. The molecule has 0 aliphatic rings. The Morgan fingerprint density at radius 3 is 2.89 bits per heavy atom. The fraction of sp³-hybridized carbons (Fsp3) is 0.0769. The van der Waals surface area contributed by atoms with Crippen LogP contribution in [0.25, 0.3) is 16.9 Å². The van der Waals surface area contributed by atoms with Gasteiger partial charge in [0.2, 0.25) is 0 Å². The molecule has 0 fully saturated rings. The number of pyridine rings is 1. The van der Waals surface area contributed by atoms with Gasteiger partial charge in [-0.2, -0.15) is 0 Å². The molecule has 0 spiro atoms. The quantitative estimate of drug-likeness (QED) is 0.476. The first-order valence-corrected chi connectivity index (χ1v) is 7.46. The maximum atomic E-state index is 6.00. The Morgan fingerprint density at radius 2 is 2.16 bits per heavy atom. The van der Waals surface area contributed by atoms with Crippen LogP contribution in [0.3, 0.4) is 0 Å². The predicted molar refractivity (Wildman–Crippen MR) is 88.7 cm³/mol. The summed E-state index contributed by atoms with van der Waals surface area (Å²) in [4.78, 5) is 7.65. The summed E-state index contributed by atoms with van der Waals surface area (Å²) in [5.41, 5.74) is 3.92. The van der Waals surface area contributed by atoms with Gasteiger partial charge in [0.05, 0.1) is 11.2 Å². The highest BCUT2D eigenvalue weighted by molar-refractivity contribution is 14.1. The number of H-pyrrole nitrogens is 1. The van der Waals surface area contributed by atoms with Crippen molar-refractivity contribution < 1.29 is 0 Å². The van der Waals surface area contributed by atoms with Crippen molar-refractivity contribution in [3.8, 4) is 5.69 Å². The van der Waals surface area contributed by atoms with E-state index in [0.717, 1.165) is 26.0 Å². The highest BCUT2D eigenvalue weighted by Gasteiger charge is 2.11. The van der Waals surface area contributed by atoms with E-state index in [-0.39, 0.29) is 0 Å². The van der Waals surface area contributed by atoms with E-state index in [9.17, 15) is 0 Å². The van der Waals surface area contributed by atoms with Gasteiger partial charge in [-0.1, -0.05) is 11.6 Å². The molecule has 0 bridgehead atoms. The largest absolute Gasteiger partial charge is 0.329 e. The number of imidazole rings is 1. The van der Waals surface area contributed by atoms with Crippen molar-refractivity contribution >= 4 is 57.6 Å². The summed E-state index contributed by atoms with van der Waals surface area (Å²) in [6.45, 7) is 2.03. The Labute approximate surface area is 133 Å². The van der Waals surface area contributed by atoms with Crippen molar-refractivity contribution in [2.45, 2.75) is 6.92 Å². The molecule has 6 heteroatoms. The average molecular weight is 402 g/mol. The maximum Gasteiger partial charge on any atom is 0.184 e. The van der Waals surface area contributed by atoms with E-state index in [0.29, 0.717) is 9.79 Å². The molecule has 3 nitrogen and oxygen atoms in total. The number of fused-ring (bicyclic) bond motifs is 1. The van der Waals surface area contributed by atoms with Gasteiger partial charge in [-0.25, -0.2) is 4.98 Å². The minimum Gasteiger partial charge on any atom is -0.329 e. The topological polar surface area (TPSA) is 33.6 Å². The summed E-state index contributed by atoms with van der Waals surface area (Å²) >= 11 is 13.7. The first-order chi connectivity index (χ1) is 9.08. The average Bonchev–Trinajstić information content (AvgIpc) is 2.68. The van der Waals surface area contributed by atoms with Gasteiger partial charge in [0.15, 0.2) is 10.4 Å². The van der Waals surface area contributed by atoms with Crippen LogP contribution >= 0.6 is 46.4 Å². The van der Waals surface area contributed by atoms with Crippen LogP contribution in [-0.4, -0.2) is 14.5 Å². The summed E-state index contributed by atoms with van der Waals surface area (Å²) < 4.78 is 3.61. The lowest BCUT2D eigenvalue weighted by atomic mass is 10.2. The Kier molecular flexibility index (Phi) is 3.36. The van der Waals surface area contributed by atoms with Gasteiger partial charge < -0.3 is 4.98 Å². The molecule has 96 valence electrons. The molecule has 0 unspecified atom stereocenters. The second-order valence-electron chi connectivity index (χ2n) is 4.19. The lowest BCUT2D eigenvalue weighted by molar-refractivity contribution is 1.04. The lowest BCUT2D eigenvalue weighted by Crippen LogP contribution is -1.98. The van der Waals surface area contributed by atoms with Gasteiger partial charge in [-0.3, -0.25) is 4.57 Å². The van der Waals surface area contributed by atoms with Crippen LogP contribution in [0.5, 0.6) is 0 Å². The zero-order chi connectivity index (χ0) is 13.6. The van der Waals surface area contributed by atoms with E-state index in [1.807, 2.05) is 35.8 Å². The molecule has 1 N–H and O–H groups in total. The number of rotatable bonds is 1. The minimum atomic E-state index is 0.636. The molecule has 0 aliphatic carbocycles. The summed E-state index contributed by atoms with van der Waals surface area (Å²) in [6, 6.07) is 7.69. The van der Waals surface area contributed by atoms with Gasteiger partial charge in [-0.05, 0) is 71.6 Å². The van der Waals surface area contributed by atoms with E-state index < -0.39 is 0 Å². The number of nitrogens with zero attached hydrogens (tertiary/aromatic N) is 2. The van der Waals surface area contributed by atoms with Crippen molar-refractivity contribution in [1.29, 1.82) is 0 Å². The Balaban J connectivity index is 2.40. The lowest BCUT2D eigenvalue weighted by Gasteiger charge is -2.07. The monoisotopic (exact) mass is 401 g/mol. The first kappa shape index (κ1) is 13.1. The third-order valence-corrected chi connectivity index (χ3v) is 4.32. The fourth-order valence-corrected chi connectivity index (χ4v) is 3.41. The van der Waals surface area contributed by atoms with E-state index in [2.05, 4.69) is 32.6 Å². The molecule has 2 aromatic heterocycles. The van der Waals surface area contributed by atoms with Crippen molar-refractivity contribution in [1.82, 2.24) is 14.5 Å². The van der Waals surface area contributed by atoms with E-state index in [4.69, 9.17) is 23.8 Å². The number of hydrogen-bond acceptors (Lipinski definition) is 2. The van der Waals surface area contributed by atoms with Crippen molar-refractivity contribution in [2.75, 3.05) is 0 Å². The van der Waals surface area contributed by atoms with Crippen LogP contribution < -0.4 is 0 Å². The van der Waals surface area contributed by atoms with Gasteiger partial charge in [0, 0.05) is 14.8 Å². The number of halogens is 2. The smallest absolute Gasteiger partial charge is 0.184 e. The minimum absolute atomic E-state index is 0.636. The van der Waals surface area contributed by atoms with Crippen LogP contribution in [0.4, 0.5) is 0 Å². The molecular formula is C13H9ClIN3S. The zero-order valence-corrected chi connectivity index (χ0v) is 13.7. The molecule has 19 heavy (non-hydrogen) atoms. The first-order valence-electron chi connectivity index (χ1n) is 5.59.